The van der Waals surface area contributed by atoms with E-state index in [1.54, 1.807) is 11.8 Å². The lowest BCUT2D eigenvalue weighted by atomic mass is 10.1. The molecule has 3 rings (SSSR count). The number of hydrogen-bond donors (Lipinski definition) is 1. The van der Waals surface area contributed by atoms with Crippen molar-refractivity contribution in [2.45, 2.75) is 32.5 Å². The summed E-state index contributed by atoms with van der Waals surface area (Å²) in [5, 5.41) is 2.95. The maximum atomic E-state index is 13.1. The first-order valence-electron chi connectivity index (χ1n) is 9.82. The molecular formula is C25H26N2O2. The Balaban J connectivity index is 1.71. The third-order valence-electron chi connectivity index (χ3n) is 4.87. The van der Waals surface area contributed by atoms with Gasteiger partial charge in [-0.25, -0.2) is 0 Å². The normalized spacial score (nSPS) is 11.5. The number of amides is 2. The molecule has 1 atom stereocenters. The zero-order valence-corrected chi connectivity index (χ0v) is 16.6. The van der Waals surface area contributed by atoms with E-state index in [0.29, 0.717) is 13.1 Å². The first-order chi connectivity index (χ1) is 14.1. The molecule has 0 spiro atoms. The van der Waals surface area contributed by atoms with Gasteiger partial charge in [0.05, 0.1) is 6.42 Å². The lowest BCUT2D eigenvalue weighted by Gasteiger charge is -2.29. The van der Waals surface area contributed by atoms with Gasteiger partial charge in [-0.2, -0.15) is 0 Å². The monoisotopic (exact) mass is 386 g/mol. The van der Waals surface area contributed by atoms with E-state index >= 15 is 0 Å². The summed E-state index contributed by atoms with van der Waals surface area (Å²) >= 11 is 0. The fourth-order valence-corrected chi connectivity index (χ4v) is 3.17. The van der Waals surface area contributed by atoms with Gasteiger partial charge in [0, 0.05) is 13.1 Å². The summed E-state index contributed by atoms with van der Waals surface area (Å²) in [6.07, 6.45) is 0.268. The third kappa shape index (κ3) is 6.04. The summed E-state index contributed by atoms with van der Waals surface area (Å²) in [6, 6.07) is 28.6. The minimum absolute atomic E-state index is 0.0672. The molecule has 0 unspecified atom stereocenters. The lowest BCUT2D eigenvalue weighted by molar-refractivity contribution is -0.140. The van der Waals surface area contributed by atoms with Crippen molar-refractivity contribution in [3.05, 3.63) is 108 Å². The summed E-state index contributed by atoms with van der Waals surface area (Å²) in [5.74, 6) is -0.228. The van der Waals surface area contributed by atoms with Gasteiger partial charge >= 0.3 is 0 Å². The molecular weight excluding hydrogens is 360 g/mol. The third-order valence-corrected chi connectivity index (χ3v) is 4.87. The number of nitrogens with zero attached hydrogens (tertiary/aromatic N) is 1. The molecule has 148 valence electrons. The molecule has 0 aliphatic carbocycles. The maximum absolute atomic E-state index is 13.1. The predicted molar refractivity (Wildman–Crippen MR) is 115 cm³/mol. The topological polar surface area (TPSA) is 49.4 Å². The second kappa shape index (κ2) is 10.2. The van der Waals surface area contributed by atoms with Gasteiger partial charge in [-0.05, 0) is 23.6 Å². The molecule has 4 heteroatoms. The van der Waals surface area contributed by atoms with Gasteiger partial charge in [-0.3, -0.25) is 9.59 Å². The zero-order valence-electron chi connectivity index (χ0n) is 16.6. The molecule has 29 heavy (non-hydrogen) atoms. The Labute approximate surface area is 172 Å². The molecule has 3 aromatic carbocycles. The Kier molecular flexibility index (Phi) is 7.17. The van der Waals surface area contributed by atoms with Crippen LogP contribution in [0.2, 0.25) is 0 Å². The number of hydrogen-bond acceptors (Lipinski definition) is 2. The van der Waals surface area contributed by atoms with Crippen molar-refractivity contribution in [1.29, 1.82) is 0 Å². The smallest absolute Gasteiger partial charge is 0.242 e. The highest BCUT2D eigenvalue weighted by molar-refractivity contribution is 5.88. The Morgan fingerprint density at radius 3 is 1.79 bits per heavy atom. The van der Waals surface area contributed by atoms with Crippen molar-refractivity contribution in [1.82, 2.24) is 10.2 Å². The molecule has 0 heterocycles. The van der Waals surface area contributed by atoms with Crippen LogP contribution in [0.5, 0.6) is 0 Å². The highest BCUT2D eigenvalue weighted by Crippen LogP contribution is 2.12. The van der Waals surface area contributed by atoms with E-state index in [4.69, 9.17) is 0 Å². The van der Waals surface area contributed by atoms with Crippen LogP contribution in [0.1, 0.15) is 23.6 Å². The van der Waals surface area contributed by atoms with Crippen LogP contribution < -0.4 is 5.32 Å². The van der Waals surface area contributed by atoms with E-state index in [0.717, 1.165) is 16.7 Å². The molecule has 2 amide bonds. The van der Waals surface area contributed by atoms with Gasteiger partial charge in [0.1, 0.15) is 6.04 Å². The lowest BCUT2D eigenvalue weighted by Crippen LogP contribution is -2.47. The fourth-order valence-electron chi connectivity index (χ4n) is 3.17. The zero-order chi connectivity index (χ0) is 20.5. The van der Waals surface area contributed by atoms with E-state index in [2.05, 4.69) is 5.32 Å². The SMILES string of the molecule is C[C@@H](C(=O)NCc1ccccc1)N(Cc1ccccc1)C(=O)Cc1ccccc1. The van der Waals surface area contributed by atoms with Crippen LogP contribution in [0.4, 0.5) is 0 Å². The van der Waals surface area contributed by atoms with E-state index in [9.17, 15) is 9.59 Å². The number of carbonyl (C=O) groups excluding carboxylic acids is 2. The molecule has 3 aromatic rings. The van der Waals surface area contributed by atoms with E-state index in [-0.39, 0.29) is 18.2 Å². The fraction of sp³-hybridized carbons (Fsp3) is 0.200. The predicted octanol–water partition coefficient (Wildman–Crippen LogP) is 3.96. The first kappa shape index (κ1) is 20.3. The van der Waals surface area contributed by atoms with Crippen molar-refractivity contribution in [3.8, 4) is 0 Å². The van der Waals surface area contributed by atoms with Gasteiger partial charge in [0.2, 0.25) is 11.8 Å². The largest absolute Gasteiger partial charge is 0.350 e. The van der Waals surface area contributed by atoms with E-state index < -0.39 is 6.04 Å². The summed E-state index contributed by atoms with van der Waals surface area (Å²) < 4.78 is 0. The van der Waals surface area contributed by atoms with Gasteiger partial charge in [-0.1, -0.05) is 91.0 Å². The Morgan fingerprint density at radius 1 is 0.759 bits per heavy atom. The van der Waals surface area contributed by atoms with Gasteiger partial charge < -0.3 is 10.2 Å². The maximum Gasteiger partial charge on any atom is 0.242 e. The molecule has 0 radical (unpaired) electrons. The second-order valence-electron chi connectivity index (χ2n) is 7.05. The molecule has 0 fully saturated rings. The van der Waals surface area contributed by atoms with Gasteiger partial charge in [-0.15, -0.1) is 0 Å². The summed E-state index contributed by atoms with van der Waals surface area (Å²) in [6.45, 7) is 2.62. The summed E-state index contributed by atoms with van der Waals surface area (Å²) in [5.41, 5.74) is 2.96. The van der Waals surface area contributed by atoms with E-state index in [1.807, 2.05) is 91.0 Å². The Hall–Kier alpha value is -3.40. The molecule has 0 aromatic heterocycles. The summed E-state index contributed by atoms with van der Waals surface area (Å²) in [4.78, 5) is 27.5. The summed E-state index contributed by atoms with van der Waals surface area (Å²) in [7, 11) is 0. The van der Waals surface area contributed by atoms with Crippen LogP contribution in [-0.4, -0.2) is 22.8 Å². The highest BCUT2D eigenvalue weighted by Gasteiger charge is 2.26. The average Bonchev–Trinajstić information content (AvgIpc) is 2.77. The Bertz CT molecular complexity index is 911. The van der Waals surface area contributed by atoms with Crippen molar-refractivity contribution < 1.29 is 9.59 Å². The second-order valence-corrected chi connectivity index (χ2v) is 7.05. The molecule has 0 bridgehead atoms. The minimum Gasteiger partial charge on any atom is -0.350 e. The molecule has 0 aliphatic heterocycles. The molecule has 0 saturated heterocycles. The van der Waals surface area contributed by atoms with Crippen LogP contribution in [0, 0.1) is 0 Å². The van der Waals surface area contributed by atoms with Crippen LogP contribution in [-0.2, 0) is 29.1 Å². The van der Waals surface area contributed by atoms with Crippen LogP contribution in [0.25, 0.3) is 0 Å². The van der Waals surface area contributed by atoms with Crippen molar-refractivity contribution in [2.75, 3.05) is 0 Å². The van der Waals surface area contributed by atoms with Crippen LogP contribution in [0.3, 0.4) is 0 Å². The molecule has 0 aliphatic rings. The van der Waals surface area contributed by atoms with E-state index in [1.165, 1.54) is 0 Å². The quantitative estimate of drug-likeness (QED) is 0.637. The minimum atomic E-state index is -0.574. The van der Waals surface area contributed by atoms with Crippen LogP contribution >= 0.6 is 0 Å². The van der Waals surface area contributed by atoms with Crippen LogP contribution in [0.15, 0.2) is 91.0 Å². The number of benzene rings is 3. The Morgan fingerprint density at radius 2 is 1.24 bits per heavy atom. The van der Waals surface area contributed by atoms with Crippen molar-refractivity contribution in [3.63, 3.8) is 0 Å². The van der Waals surface area contributed by atoms with Crippen molar-refractivity contribution in [2.24, 2.45) is 0 Å². The molecule has 4 nitrogen and oxygen atoms in total. The number of rotatable bonds is 8. The molecule has 1 N–H and O–H groups in total. The number of carbonyl (C=O) groups is 2. The molecule has 0 saturated carbocycles. The highest BCUT2D eigenvalue weighted by atomic mass is 16.2. The van der Waals surface area contributed by atoms with Crippen molar-refractivity contribution >= 4 is 11.8 Å². The average molecular weight is 386 g/mol. The van der Waals surface area contributed by atoms with Gasteiger partial charge in [0.15, 0.2) is 0 Å². The van der Waals surface area contributed by atoms with Gasteiger partial charge in [0.25, 0.3) is 0 Å². The standard InChI is InChI=1S/C25H26N2O2/c1-20(25(29)26-18-22-13-7-3-8-14-22)27(19-23-15-9-4-10-16-23)24(28)17-21-11-5-2-6-12-21/h2-16,20H,17-19H2,1H3,(H,26,29)/t20-/m0/s1. The number of nitrogens with one attached hydrogen (secondary N) is 1. The first-order valence-corrected chi connectivity index (χ1v) is 9.82.